The van der Waals surface area contributed by atoms with E-state index in [2.05, 4.69) is 26.0 Å². The molecule has 2 nitrogen and oxygen atoms in total. The average Bonchev–Trinajstić information content (AvgIpc) is 2.26. The van der Waals surface area contributed by atoms with Crippen molar-refractivity contribution in [1.82, 2.24) is 0 Å². The topological polar surface area (TPSA) is 21.3 Å². The second-order valence-corrected chi connectivity index (χ2v) is 4.49. The molecule has 0 fully saturated rings. The van der Waals surface area contributed by atoms with Crippen LogP contribution in [0.5, 0.6) is 0 Å². The molecule has 0 aromatic heterocycles. The van der Waals surface area contributed by atoms with Gasteiger partial charge in [0.15, 0.2) is 0 Å². The van der Waals surface area contributed by atoms with Crippen LogP contribution in [-0.4, -0.2) is 25.9 Å². The third kappa shape index (κ3) is 6.20. The summed E-state index contributed by atoms with van der Waals surface area (Å²) in [4.78, 5) is 0. The highest BCUT2D eigenvalue weighted by molar-refractivity contribution is 9.10. The number of anilines is 1. The van der Waals surface area contributed by atoms with E-state index in [1.54, 1.807) is 12.1 Å². The lowest BCUT2D eigenvalue weighted by molar-refractivity contribution is -0.173. The Morgan fingerprint density at radius 1 is 1.28 bits per heavy atom. The summed E-state index contributed by atoms with van der Waals surface area (Å²) in [5.41, 5.74) is 0.306. The van der Waals surface area contributed by atoms with E-state index in [-0.39, 0.29) is 6.61 Å². The van der Waals surface area contributed by atoms with Crippen LogP contribution in [-0.2, 0) is 4.74 Å². The molecule has 102 valence electrons. The molecule has 1 aromatic carbocycles. The summed E-state index contributed by atoms with van der Waals surface area (Å²) in [7, 11) is 0. The maximum absolute atomic E-state index is 13.2. The van der Waals surface area contributed by atoms with Gasteiger partial charge < -0.3 is 10.1 Å². The number of alkyl halides is 3. The van der Waals surface area contributed by atoms with Gasteiger partial charge in [-0.1, -0.05) is 15.9 Å². The third-order valence-electron chi connectivity index (χ3n) is 1.98. The lowest BCUT2D eigenvalue weighted by Crippen LogP contribution is -2.18. The van der Waals surface area contributed by atoms with Gasteiger partial charge in [-0.3, -0.25) is 0 Å². The summed E-state index contributed by atoms with van der Waals surface area (Å²) in [6, 6.07) is 4.42. The number of hydrogen-bond acceptors (Lipinski definition) is 2. The summed E-state index contributed by atoms with van der Waals surface area (Å²) in [5.74, 6) is -0.408. The van der Waals surface area contributed by atoms with Crippen molar-refractivity contribution in [3.05, 3.63) is 28.5 Å². The predicted molar refractivity (Wildman–Crippen MR) is 64.1 cm³/mol. The van der Waals surface area contributed by atoms with Gasteiger partial charge in [0, 0.05) is 17.6 Å². The lowest BCUT2D eigenvalue weighted by Gasteiger charge is -2.09. The number of ether oxygens (including phenoxy) is 1. The number of nitrogens with one attached hydrogen (secondary N) is 1. The first-order valence-electron chi connectivity index (χ1n) is 5.22. The maximum atomic E-state index is 13.2. The van der Waals surface area contributed by atoms with Crippen molar-refractivity contribution in [2.24, 2.45) is 0 Å². The number of benzene rings is 1. The van der Waals surface area contributed by atoms with Crippen LogP contribution in [0.4, 0.5) is 23.2 Å². The highest BCUT2D eigenvalue weighted by Crippen LogP contribution is 2.20. The Labute approximate surface area is 110 Å². The van der Waals surface area contributed by atoms with Gasteiger partial charge in [0.05, 0.1) is 5.69 Å². The molecule has 0 heterocycles. The molecule has 1 N–H and O–H groups in total. The summed E-state index contributed by atoms with van der Waals surface area (Å²) < 4.78 is 53.6. The molecule has 0 aliphatic carbocycles. The molecule has 0 radical (unpaired) electrons. The van der Waals surface area contributed by atoms with Crippen molar-refractivity contribution in [2.45, 2.75) is 12.6 Å². The first-order chi connectivity index (χ1) is 8.38. The highest BCUT2D eigenvalue weighted by atomic mass is 79.9. The molecule has 1 aromatic rings. The van der Waals surface area contributed by atoms with Crippen molar-refractivity contribution in [2.75, 3.05) is 25.1 Å². The Bertz CT molecular complexity index is 384. The van der Waals surface area contributed by atoms with Gasteiger partial charge in [-0.15, -0.1) is 0 Å². The van der Waals surface area contributed by atoms with Crippen LogP contribution >= 0.6 is 15.9 Å². The van der Waals surface area contributed by atoms with Gasteiger partial charge in [0.2, 0.25) is 0 Å². The minimum Gasteiger partial charge on any atom is -0.383 e. The molecule has 0 bridgehead atoms. The molecule has 0 unspecified atom stereocenters. The molecular weight excluding hydrogens is 318 g/mol. The van der Waals surface area contributed by atoms with Crippen LogP contribution in [0.2, 0.25) is 0 Å². The molecule has 0 aliphatic rings. The largest absolute Gasteiger partial charge is 0.411 e. The average molecular weight is 330 g/mol. The zero-order chi connectivity index (χ0) is 13.6. The molecule has 18 heavy (non-hydrogen) atoms. The Morgan fingerprint density at radius 2 is 2.00 bits per heavy atom. The molecule has 1 rings (SSSR count). The smallest absolute Gasteiger partial charge is 0.383 e. The summed E-state index contributed by atoms with van der Waals surface area (Å²) in [6.07, 6.45) is -3.94. The minimum absolute atomic E-state index is 0.0257. The molecule has 0 atom stereocenters. The fourth-order valence-electron chi connectivity index (χ4n) is 1.22. The normalized spacial score (nSPS) is 11.6. The van der Waals surface area contributed by atoms with Crippen LogP contribution in [0.3, 0.4) is 0 Å². The van der Waals surface area contributed by atoms with Gasteiger partial charge in [0.25, 0.3) is 0 Å². The monoisotopic (exact) mass is 329 g/mol. The van der Waals surface area contributed by atoms with E-state index in [0.29, 0.717) is 18.7 Å². The van der Waals surface area contributed by atoms with E-state index in [1.807, 2.05) is 0 Å². The molecule has 0 spiro atoms. The van der Waals surface area contributed by atoms with Crippen LogP contribution < -0.4 is 5.32 Å². The van der Waals surface area contributed by atoms with Crippen molar-refractivity contribution in [1.29, 1.82) is 0 Å². The molecule has 0 saturated heterocycles. The SMILES string of the molecule is Fc1ccc(Br)cc1NCCCOCC(F)(F)F. The molecule has 0 amide bonds. The van der Waals surface area contributed by atoms with Crippen molar-refractivity contribution < 1.29 is 22.3 Å². The second-order valence-electron chi connectivity index (χ2n) is 3.57. The molecular formula is C11H12BrF4NO. The minimum atomic E-state index is -4.30. The van der Waals surface area contributed by atoms with Crippen molar-refractivity contribution in [3.63, 3.8) is 0 Å². The Balaban J connectivity index is 2.20. The van der Waals surface area contributed by atoms with E-state index < -0.39 is 18.6 Å². The van der Waals surface area contributed by atoms with Gasteiger partial charge in [0.1, 0.15) is 12.4 Å². The van der Waals surface area contributed by atoms with Gasteiger partial charge >= 0.3 is 6.18 Å². The Morgan fingerprint density at radius 3 is 2.67 bits per heavy atom. The van der Waals surface area contributed by atoms with E-state index in [4.69, 9.17) is 0 Å². The number of halogens is 5. The quantitative estimate of drug-likeness (QED) is 0.630. The zero-order valence-electron chi connectivity index (χ0n) is 9.36. The van der Waals surface area contributed by atoms with Crippen molar-refractivity contribution in [3.8, 4) is 0 Å². The lowest BCUT2D eigenvalue weighted by atomic mass is 10.3. The van der Waals surface area contributed by atoms with E-state index in [1.165, 1.54) is 6.07 Å². The number of hydrogen-bond donors (Lipinski definition) is 1. The summed E-state index contributed by atoms with van der Waals surface area (Å²) >= 11 is 3.20. The van der Waals surface area contributed by atoms with Gasteiger partial charge in [-0.05, 0) is 24.6 Å². The number of rotatable bonds is 6. The first-order valence-corrected chi connectivity index (χ1v) is 6.01. The van der Waals surface area contributed by atoms with Crippen LogP contribution in [0, 0.1) is 5.82 Å². The Hall–Kier alpha value is -0.820. The zero-order valence-corrected chi connectivity index (χ0v) is 10.9. The highest BCUT2D eigenvalue weighted by Gasteiger charge is 2.27. The third-order valence-corrected chi connectivity index (χ3v) is 2.47. The van der Waals surface area contributed by atoms with E-state index >= 15 is 0 Å². The fourth-order valence-corrected chi connectivity index (χ4v) is 1.58. The Kier molecular flexibility index (Phi) is 5.87. The van der Waals surface area contributed by atoms with Crippen LogP contribution in [0.25, 0.3) is 0 Å². The van der Waals surface area contributed by atoms with E-state index in [0.717, 1.165) is 4.47 Å². The molecule has 0 saturated carbocycles. The first kappa shape index (κ1) is 15.2. The predicted octanol–water partition coefficient (Wildman–Crippen LogP) is 3.97. The van der Waals surface area contributed by atoms with E-state index in [9.17, 15) is 17.6 Å². The van der Waals surface area contributed by atoms with Crippen LogP contribution in [0.15, 0.2) is 22.7 Å². The standard InChI is InChI=1S/C11H12BrF4NO/c12-8-2-3-9(13)10(6-8)17-4-1-5-18-7-11(14,15)16/h2-3,6,17H,1,4-5,7H2. The maximum Gasteiger partial charge on any atom is 0.411 e. The fraction of sp³-hybridized carbons (Fsp3) is 0.455. The van der Waals surface area contributed by atoms with Crippen LogP contribution in [0.1, 0.15) is 6.42 Å². The van der Waals surface area contributed by atoms with Gasteiger partial charge in [-0.25, -0.2) is 4.39 Å². The van der Waals surface area contributed by atoms with Crippen molar-refractivity contribution >= 4 is 21.6 Å². The summed E-state index contributed by atoms with van der Waals surface area (Å²) in [5, 5.41) is 2.79. The molecule has 7 heteroatoms. The second kappa shape index (κ2) is 6.94. The molecule has 0 aliphatic heterocycles. The van der Waals surface area contributed by atoms with Gasteiger partial charge in [-0.2, -0.15) is 13.2 Å². The summed E-state index contributed by atoms with van der Waals surface area (Å²) in [6.45, 7) is -0.939.